The molecule has 6 nitrogen and oxygen atoms in total. The van der Waals surface area contributed by atoms with Crippen LogP contribution in [0.15, 0.2) is 24.3 Å². The lowest BCUT2D eigenvalue weighted by atomic mass is 9.81. The third kappa shape index (κ3) is 5.04. The summed E-state index contributed by atoms with van der Waals surface area (Å²) >= 11 is 7.22. The van der Waals surface area contributed by atoms with E-state index >= 15 is 0 Å². The van der Waals surface area contributed by atoms with Gasteiger partial charge in [0.15, 0.2) is 0 Å². The fourth-order valence-electron chi connectivity index (χ4n) is 3.58. The minimum atomic E-state index is -0.342. The molecule has 5 N–H and O–H groups in total. The molecule has 1 aromatic heterocycles. The standard InChI is InChI=1S/C13H21N3OS.C7H6ClNO/c1-12(2)6-7-8(10(14)17)11(15-5)18-9(7)13(3,4)16-12;8-6-1-3-7(4-2-6)9-5-10/h15-16H,6H2,1-5H3,(H2,14,17);1-5H,(H,9,10). The van der Waals surface area contributed by atoms with Crippen molar-refractivity contribution in [2.24, 2.45) is 5.73 Å². The number of rotatable bonds is 4. The Labute approximate surface area is 174 Å². The van der Waals surface area contributed by atoms with Gasteiger partial charge in [-0.15, -0.1) is 11.3 Å². The number of hydrogen-bond acceptors (Lipinski definition) is 5. The summed E-state index contributed by atoms with van der Waals surface area (Å²) in [6.45, 7) is 8.60. The maximum atomic E-state index is 11.7. The van der Waals surface area contributed by atoms with Crippen molar-refractivity contribution in [2.75, 3.05) is 17.7 Å². The third-order valence-electron chi connectivity index (χ3n) is 4.39. The fraction of sp³-hybridized carbons (Fsp3) is 0.400. The van der Waals surface area contributed by atoms with Gasteiger partial charge in [0.2, 0.25) is 6.41 Å². The van der Waals surface area contributed by atoms with Gasteiger partial charge in [-0.05, 0) is 63.9 Å². The number of hydrogen-bond donors (Lipinski definition) is 4. The lowest BCUT2D eigenvalue weighted by Crippen LogP contribution is -2.55. The number of fused-ring (bicyclic) bond motifs is 1. The van der Waals surface area contributed by atoms with E-state index in [1.54, 1.807) is 35.6 Å². The Morgan fingerprint density at radius 3 is 2.36 bits per heavy atom. The Morgan fingerprint density at radius 2 is 1.86 bits per heavy atom. The quantitative estimate of drug-likeness (QED) is 0.561. The molecule has 0 spiro atoms. The van der Waals surface area contributed by atoms with Crippen molar-refractivity contribution < 1.29 is 9.59 Å². The predicted molar refractivity (Wildman–Crippen MR) is 117 cm³/mol. The van der Waals surface area contributed by atoms with Gasteiger partial charge in [0, 0.05) is 33.7 Å². The second-order valence-electron chi connectivity index (χ2n) is 7.81. The second-order valence-corrected chi connectivity index (χ2v) is 9.26. The summed E-state index contributed by atoms with van der Waals surface area (Å²) in [4.78, 5) is 22.8. The van der Waals surface area contributed by atoms with E-state index in [0.29, 0.717) is 17.0 Å². The van der Waals surface area contributed by atoms with Gasteiger partial charge < -0.3 is 21.7 Å². The number of carbonyl (C=O) groups is 2. The van der Waals surface area contributed by atoms with Crippen LogP contribution < -0.4 is 21.7 Å². The van der Waals surface area contributed by atoms with Crippen LogP contribution in [0.3, 0.4) is 0 Å². The molecular weight excluding hydrogens is 396 g/mol. The van der Waals surface area contributed by atoms with Gasteiger partial charge in [-0.25, -0.2) is 0 Å². The highest BCUT2D eigenvalue weighted by Crippen LogP contribution is 2.44. The first-order valence-corrected chi connectivity index (χ1v) is 10.1. The molecule has 0 aliphatic carbocycles. The highest BCUT2D eigenvalue weighted by Gasteiger charge is 2.41. The monoisotopic (exact) mass is 422 g/mol. The number of halogens is 1. The molecule has 0 radical (unpaired) electrons. The van der Waals surface area contributed by atoms with Crippen molar-refractivity contribution in [3.05, 3.63) is 45.3 Å². The van der Waals surface area contributed by atoms with E-state index in [9.17, 15) is 9.59 Å². The maximum Gasteiger partial charge on any atom is 0.251 e. The van der Waals surface area contributed by atoms with Crippen LogP contribution in [0.5, 0.6) is 0 Å². The zero-order valence-electron chi connectivity index (χ0n) is 16.8. The van der Waals surface area contributed by atoms with Crippen molar-refractivity contribution in [1.29, 1.82) is 0 Å². The van der Waals surface area contributed by atoms with Crippen LogP contribution in [0.1, 0.15) is 48.5 Å². The number of benzene rings is 1. The molecule has 152 valence electrons. The smallest absolute Gasteiger partial charge is 0.251 e. The van der Waals surface area contributed by atoms with Crippen molar-refractivity contribution in [2.45, 2.75) is 45.2 Å². The molecule has 0 saturated carbocycles. The number of nitrogens with two attached hydrogens (primary N) is 1. The van der Waals surface area contributed by atoms with Gasteiger partial charge in [-0.1, -0.05) is 11.6 Å². The Hall–Kier alpha value is -2.09. The normalized spacial score (nSPS) is 16.2. The van der Waals surface area contributed by atoms with Crippen molar-refractivity contribution in [3.63, 3.8) is 0 Å². The summed E-state index contributed by atoms with van der Waals surface area (Å²) in [5.41, 5.74) is 7.89. The van der Waals surface area contributed by atoms with Gasteiger partial charge in [0.05, 0.1) is 5.56 Å². The van der Waals surface area contributed by atoms with Crippen LogP contribution in [0.25, 0.3) is 0 Å². The summed E-state index contributed by atoms with van der Waals surface area (Å²) in [6, 6.07) is 6.90. The number of nitrogens with one attached hydrogen (secondary N) is 3. The number of carbonyl (C=O) groups excluding carboxylic acids is 2. The van der Waals surface area contributed by atoms with Crippen molar-refractivity contribution in [1.82, 2.24) is 5.32 Å². The Kier molecular flexibility index (Phi) is 6.75. The molecule has 0 atom stereocenters. The van der Waals surface area contributed by atoms with Crippen LogP contribution in [0, 0.1) is 0 Å². The summed E-state index contributed by atoms with van der Waals surface area (Å²) in [7, 11) is 1.83. The molecule has 0 bridgehead atoms. The topological polar surface area (TPSA) is 96.2 Å². The number of amides is 2. The molecular formula is C20H27ClN4O2S. The minimum absolute atomic E-state index is 0.0349. The lowest BCUT2D eigenvalue weighted by molar-refractivity contribution is -0.105. The van der Waals surface area contributed by atoms with Crippen LogP contribution in [-0.4, -0.2) is 24.9 Å². The lowest BCUT2D eigenvalue weighted by Gasteiger charge is -2.42. The fourth-order valence-corrected chi connectivity index (χ4v) is 4.94. The Morgan fingerprint density at radius 1 is 1.25 bits per heavy atom. The molecule has 2 aromatic rings. The average Bonchev–Trinajstić information content (AvgIpc) is 2.95. The summed E-state index contributed by atoms with van der Waals surface area (Å²) in [5.74, 6) is -0.342. The summed E-state index contributed by atoms with van der Waals surface area (Å²) in [5, 5.41) is 10.7. The molecule has 1 aliphatic rings. The van der Waals surface area contributed by atoms with Crippen LogP contribution >= 0.6 is 22.9 Å². The molecule has 1 aromatic carbocycles. The molecule has 0 fully saturated rings. The molecule has 8 heteroatoms. The average molecular weight is 423 g/mol. The predicted octanol–water partition coefficient (Wildman–Crippen LogP) is 3.96. The van der Waals surface area contributed by atoms with Crippen LogP contribution in [-0.2, 0) is 16.8 Å². The molecule has 0 unspecified atom stereocenters. The Bertz CT molecular complexity index is 860. The molecule has 28 heavy (non-hydrogen) atoms. The van der Waals surface area contributed by atoms with Gasteiger partial charge in [0.1, 0.15) is 5.00 Å². The molecule has 3 rings (SSSR count). The minimum Gasteiger partial charge on any atom is -0.379 e. The van der Waals surface area contributed by atoms with Gasteiger partial charge in [-0.2, -0.15) is 0 Å². The van der Waals surface area contributed by atoms with Crippen LogP contribution in [0.2, 0.25) is 5.02 Å². The first kappa shape index (κ1) is 22.2. The molecule has 2 amide bonds. The van der Waals surface area contributed by atoms with E-state index in [1.165, 1.54) is 4.88 Å². The van der Waals surface area contributed by atoms with Crippen molar-refractivity contribution in [3.8, 4) is 0 Å². The highest BCUT2D eigenvalue weighted by atomic mass is 35.5. The van der Waals surface area contributed by atoms with Crippen LogP contribution in [0.4, 0.5) is 10.7 Å². The van der Waals surface area contributed by atoms with E-state index in [0.717, 1.165) is 22.7 Å². The van der Waals surface area contributed by atoms with Gasteiger partial charge >= 0.3 is 0 Å². The number of anilines is 2. The van der Waals surface area contributed by atoms with Gasteiger partial charge in [0.25, 0.3) is 5.91 Å². The summed E-state index contributed by atoms with van der Waals surface area (Å²) in [6.07, 6.45) is 1.45. The first-order valence-electron chi connectivity index (χ1n) is 8.89. The SMILES string of the molecule is CNc1sc2c(c1C(N)=O)CC(C)(C)NC2(C)C.O=CNc1ccc(Cl)cc1. The van der Waals surface area contributed by atoms with E-state index < -0.39 is 0 Å². The highest BCUT2D eigenvalue weighted by molar-refractivity contribution is 7.17. The number of primary amides is 1. The Balaban J connectivity index is 0.000000237. The molecule has 0 saturated heterocycles. The maximum absolute atomic E-state index is 11.7. The largest absolute Gasteiger partial charge is 0.379 e. The molecule has 1 aliphatic heterocycles. The number of thiophene rings is 1. The van der Waals surface area contributed by atoms with E-state index in [-0.39, 0.29) is 17.0 Å². The third-order valence-corrected chi connectivity index (χ3v) is 6.21. The zero-order chi connectivity index (χ0) is 21.1. The van der Waals surface area contributed by atoms with E-state index in [4.69, 9.17) is 17.3 Å². The molecule has 2 heterocycles. The van der Waals surface area contributed by atoms with E-state index in [1.807, 2.05) is 7.05 Å². The second kappa shape index (κ2) is 8.51. The van der Waals surface area contributed by atoms with E-state index in [2.05, 4.69) is 43.6 Å². The summed E-state index contributed by atoms with van der Waals surface area (Å²) < 4.78 is 0. The van der Waals surface area contributed by atoms with Crippen molar-refractivity contribution >= 4 is 45.9 Å². The zero-order valence-corrected chi connectivity index (χ0v) is 18.3. The first-order chi connectivity index (χ1) is 13.0. The van der Waals surface area contributed by atoms with Gasteiger partial charge in [-0.3, -0.25) is 9.59 Å².